The van der Waals surface area contributed by atoms with Crippen molar-refractivity contribution in [2.24, 2.45) is 0 Å². The van der Waals surface area contributed by atoms with Gasteiger partial charge in [-0.25, -0.2) is 14.4 Å². The van der Waals surface area contributed by atoms with Crippen LogP contribution in [0.15, 0.2) is 24.4 Å². The van der Waals surface area contributed by atoms with E-state index in [0.29, 0.717) is 23.9 Å². The minimum atomic E-state index is -0.176. The molecule has 28 heavy (non-hydrogen) atoms. The summed E-state index contributed by atoms with van der Waals surface area (Å²) in [6.07, 6.45) is 5.08. The Morgan fingerprint density at radius 1 is 1.25 bits per heavy atom. The highest BCUT2D eigenvalue weighted by molar-refractivity contribution is 5.38. The first-order chi connectivity index (χ1) is 13.7. The van der Waals surface area contributed by atoms with Crippen LogP contribution in [0.25, 0.3) is 0 Å². The number of hydrogen-bond donors (Lipinski definition) is 0. The number of methoxy groups -OCH3 is 1. The van der Waals surface area contributed by atoms with Crippen molar-refractivity contribution < 1.29 is 13.9 Å². The number of halogens is 1. The van der Waals surface area contributed by atoms with E-state index in [4.69, 9.17) is 14.5 Å². The van der Waals surface area contributed by atoms with Gasteiger partial charge in [-0.05, 0) is 31.0 Å². The average molecular weight is 384 g/mol. The number of ether oxygens (including phenoxy) is 2. The standard InChI is InChI=1S/C21H25FN4O2/c1-27-16-3-4-18(22)14(10-16)13-26-15-2-5-20(26)17-12-23-21(24-19(17)11-15)25-6-8-28-9-7-25/h3-4,10,12,15,20H,2,5-9,11,13H2,1H3/t15-,20-/m1/s1. The number of rotatable bonds is 4. The highest BCUT2D eigenvalue weighted by Crippen LogP contribution is 2.44. The van der Waals surface area contributed by atoms with Crippen LogP contribution in [-0.4, -0.2) is 54.3 Å². The Bertz CT molecular complexity index is 871. The van der Waals surface area contributed by atoms with E-state index in [9.17, 15) is 4.39 Å². The highest BCUT2D eigenvalue weighted by atomic mass is 19.1. The second-order valence-electron chi connectivity index (χ2n) is 7.75. The van der Waals surface area contributed by atoms with E-state index in [0.717, 1.165) is 57.2 Å². The van der Waals surface area contributed by atoms with Gasteiger partial charge in [0.1, 0.15) is 11.6 Å². The van der Waals surface area contributed by atoms with E-state index < -0.39 is 0 Å². The van der Waals surface area contributed by atoms with Crippen molar-refractivity contribution in [2.45, 2.75) is 37.9 Å². The van der Waals surface area contributed by atoms with Crippen molar-refractivity contribution in [3.05, 3.63) is 47.0 Å². The molecule has 0 saturated carbocycles. The Labute approximate surface area is 164 Å². The Hall–Kier alpha value is -2.25. The lowest BCUT2D eigenvalue weighted by molar-refractivity contribution is 0.122. The summed E-state index contributed by atoms with van der Waals surface area (Å²) < 4.78 is 25.1. The van der Waals surface area contributed by atoms with Gasteiger partial charge in [-0.15, -0.1) is 0 Å². The van der Waals surface area contributed by atoms with Crippen molar-refractivity contribution in [2.75, 3.05) is 38.3 Å². The summed E-state index contributed by atoms with van der Waals surface area (Å²) >= 11 is 0. The van der Waals surface area contributed by atoms with Crippen LogP contribution in [0.5, 0.6) is 5.75 Å². The third-order valence-electron chi connectivity index (χ3n) is 6.22. The van der Waals surface area contributed by atoms with Gasteiger partial charge in [-0.2, -0.15) is 0 Å². The first-order valence-electron chi connectivity index (χ1n) is 9.99. The molecular weight excluding hydrogens is 359 g/mol. The smallest absolute Gasteiger partial charge is 0.225 e. The fraction of sp³-hybridized carbons (Fsp3) is 0.524. The summed E-state index contributed by atoms with van der Waals surface area (Å²) in [6.45, 7) is 3.72. The van der Waals surface area contributed by atoms with Crippen molar-refractivity contribution in [3.63, 3.8) is 0 Å². The summed E-state index contributed by atoms with van der Waals surface area (Å²) in [6, 6.07) is 5.63. The van der Waals surface area contributed by atoms with Crippen LogP contribution in [0, 0.1) is 5.82 Å². The number of benzene rings is 1. The molecule has 0 spiro atoms. The summed E-state index contributed by atoms with van der Waals surface area (Å²) in [7, 11) is 1.61. The summed E-state index contributed by atoms with van der Waals surface area (Å²) in [4.78, 5) is 14.2. The zero-order valence-corrected chi connectivity index (χ0v) is 16.1. The van der Waals surface area contributed by atoms with Crippen LogP contribution in [-0.2, 0) is 17.7 Å². The lowest BCUT2D eigenvalue weighted by Gasteiger charge is -2.36. The molecule has 2 bridgehead atoms. The molecule has 0 radical (unpaired) electrons. The minimum Gasteiger partial charge on any atom is -0.497 e. The minimum absolute atomic E-state index is 0.176. The number of morpholine rings is 1. The zero-order chi connectivity index (χ0) is 19.1. The molecule has 7 heteroatoms. The van der Waals surface area contributed by atoms with Crippen molar-refractivity contribution in [1.29, 1.82) is 0 Å². The fourth-order valence-electron chi connectivity index (χ4n) is 4.72. The average Bonchev–Trinajstić information content (AvgIpc) is 3.01. The van der Waals surface area contributed by atoms with Crippen LogP contribution in [0.3, 0.4) is 0 Å². The molecule has 0 unspecified atom stereocenters. The van der Waals surface area contributed by atoms with Crippen LogP contribution in [0.4, 0.5) is 10.3 Å². The van der Waals surface area contributed by atoms with Gasteiger partial charge in [0.05, 0.1) is 26.0 Å². The van der Waals surface area contributed by atoms with Gasteiger partial charge >= 0.3 is 0 Å². The van der Waals surface area contributed by atoms with E-state index in [1.165, 1.54) is 11.6 Å². The van der Waals surface area contributed by atoms with E-state index in [1.807, 2.05) is 12.3 Å². The third-order valence-corrected chi connectivity index (χ3v) is 6.22. The van der Waals surface area contributed by atoms with Crippen LogP contribution in [0.1, 0.15) is 35.7 Å². The molecule has 1 aromatic carbocycles. The van der Waals surface area contributed by atoms with E-state index in [1.54, 1.807) is 13.2 Å². The zero-order valence-electron chi connectivity index (χ0n) is 16.1. The molecule has 0 N–H and O–H groups in total. The van der Waals surface area contributed by atoms with Gasteiger partial charge in [0, 0.05) is 55.5 Å². The normalized spacial score (nSPS) is 24.3. The lowest BCUT2D eigenvalue weighted by Crippen LogP contribution is -2.40. The molecule has 0 aliphatic carbocycles. The van der Waals surface area contributed by atoms with Crippen molar-refractivity contribution in [1.82, 2.24) is 14.9 Å². The maximum atomic E-state index is 14.4. The molecule has 4 heterocycles. The molecule has 2 saturated heterocycles. The predicted molar refractivity (Wildman–Crippen MR) is 103 cm³/mol. The first kappa shape index (κ1) is 17.8. The Balaban J connectivity index is 1.40. The number of anilines is 1. The largest absolute Gasteiger partial charge is 0.497 e. The fourth-order valence-corrected chi connectivity index (χ4v) is 4.72. The van der Waals surface area contributed by atoms with Gasteiger partial charge in [-0.1, -0.05) is 0 Å². The quantitative estimate of drug-likeness (QED) is 0.808. The number of hydrogen-bond acceptors (Lipinski definition) is 6. The van der Waals surface area contributed by atoms with Crippen LogP contribution >= 0.6 is 0 Å². The molecule has 2 atom stereocenters. The van der Waals surface area contributed by atoms with Gasteiger partial charge in [0.2, 0.25) is 5.95 Å². The second kappa shape index (κ2) is 7.29. The van der Waals surface area contributed by atoms with Gasteiger partial charge in [-0.3, -0.25) is 4.90 Å². The molecular formula is C21H25FN4O2. The predicted octanol–water partition coefficient (Wildman–Crippen LogP) is 2.72. The van der Waals surface area contributed by atoms with Gasteiger partial charge in [0.25, 0.3) is 0 Å². The second-order valence-corrected chi connectivity index (χ2v) is 7.75. The molecule has 3 aliphatic heterocycles. The topological polar surface area (TPSA) is 50.7 Å². The van der Waals surface area contributed by atoms with Gasteiger partial charge < -0.3 is 14.4 Å². The van der Waals surface area contributed by atoms with E-state index >= 15 is 0 Å². The monoisotopic (exact) mass is 384 g/mol. The maximum Gasteiger partial charge on any atom is 0.225 e. The van der Waals surface area contributed by atoms with Crippen LogP contribution < -0.4 is 9.64 Å². The molecule has 2 fully saturated rings. The molecule has 148 valence electrons. The maximum absolute atomic E-state index is 14.4. The molecule has 0 amide bonds. The number of fused-ring (bicyclic) bond motifs is 4. The third kappa shape index (κ3) is 3.12. The number of aromatic nitrogens is 2. The van der Waals surface area contributed by atoms with E-state index in [2.05, 4.69) is 14.8 Å². The van der Waals surface area contributed by atoms with Crippen molar-refractivity contribution in [3.8, 4) is 5.75 Å². The van der Waals surface area contributed by atoms with E-state index in [-0.39, 0.29) is 11.9 Å². The molecule has 6 nitrogen and oxygen atoms in total. The molecule has 3 aliphatic rings. The first-order valence-corrected chi connectivity index (χ1v) is 9.99. The Morgan fingerprint density at radius 3 is 2.93 bits per heavy atom. The number of nitrogens with zero attached hydrogens (tertiary/aromatic N) is 4. The Morgan fingerprint density at radius 2 is 2.11 bits per heavy atom. The molecule has 2 aromatic rings. The van der Waals surface area contributed by atoms with Crippen molar-refractivity contribution >= 4 is 5.95 Å². The lowest BCUT2D eigenvalue weighted by atomic mass is 9.98. The summed E-state index contributed by atoms with van der Waals surface area (Å²) in [5.74, 6) is 1.33. The summed E-state index contributed by atoms with van der Waals surface area (Å²) in [5, 5.41) is 0. The van der Waals surface area contributed by atoms with Gasteiger partial charge in [0.15, 0.2) is 0 Å². The Kier molecular flexibility index (Phi) is 4.64. The SMILES string of the molecule is COc1ccc(F)c(CN2[C@@H]3CC[C@@H]2c2cnc(N4CCOCC4)nc2C3)c1. The summed E-state index contributed by atoms with van der Waals surface area (Å²) in [5.41, 5.74) is 3.05. The molecule has 1 aromatic heterocycles. The highest BCUT2D eigenvalue weighted by Gasteiger charge is 2.41. The van der Waals surface area contributed by atoms with Crippen LogP contribution in [0.2, 0.25) is 0 Å². The molecule has 5 rings (SSSR count).